The molecular formula is C15H13N3O3. The Morgan fingerprint density at radius 2 is 2.05 bits per heavy atom. The van der Waals surface area contributed by atoms with Gasteiger partial charge >= 0.3 is 5.69 Å². The summed E-state index contributed by atoms with van der Waals surface area (Å²) < 4.78 is 7.49. The van der Waals surface area contributed by atoms with E-state index in [1.165, 1.54) is 6.07 Å². The van der Waals surface area contributed by atoms with E-state index in [4.69, 9.17) is 4.74 Å². The molecule has 3 rings (SSSR count). The van der Waals surface area contributed by atoms with Crippen molar-refractivity contribution in [3.63, 3.8) is 0 Å². The van der Waals surface area contributed by atoms with Gasteiger partial charge in [0.2, 0.25) is 0 Å². The maximum absolute atomic E-state index is 10.9. The van der Waals surface area contributed by atoms with Crippen LogP contribution in [-0.2, 0) is 6.61 Å². The molecule has 0 saturated heterocycles. The molecule has 0 atom stereocenters. The first kappa shape index (κ1) is 13.1. The number of hydrogen-bond acceptors (Lipinski definition) is 4. The molecule has 0 bridgehead atoms. The number of hydrogen-bond donors (Lipinski definition) is 0. The zero-order chi connectivity index (χ0) is 14.8. The van der Waals surface area contributed by atoms with Crippen LogP contribution in [0.1, 0.15) is 11.4 Å². The molecule has 0 radical (unpaired) electrons. The summed E-state index contributed by atoms with van der Waals surface area (Å²) in [4.78, 5) is 14.9. The van der Waals surface area contributed by atoms with E-state index in [9.17, 15) is 10.1 Å². The Morgan fingerprint density at radius 3 is 2.81 bits per heavy atom. The molecule has 2 aromatic heterocycles. The van der Waals surface area contributed by atoms with E-state index >= 15 is 0 Å². The van der Waals surface area contributed by atoms with Crippen LogP contribution < -0.4 is 4.74 Å². The van der Waals surface area contributed by atoms with Crippen molar-refractivity contribution in [1.82, 2.24) is 9.38 Å². The molecule has 0 aliphatic heterocycles. The van der Waals surface area contributed by atoms with Crippen LogP contribution in [-0.4, -0.2) is 14.3 Å². The molecule has 3 aromatic rings. The average molecular weight is 283 g/mol. The Labute approximate surface area is 120 Å². The molecule has 6 heteroatoms. The van der Waals surface area contributed by atoms with E-state index in [0.717, 1.165) is 17.0 Å². The molecule has 2 heterocycles. The van der Waals surface area contributed by atoms with E-state index in [-0.39, 0.29) is 18.0 Å². The summed E-state index contributed by atoms with van der Waals surface area (Å²) in [6, 6.07) is 12.1. The number of imidazole rings is 1. The number of fused-ring (bicyclic) bond motifs is 1. The number of aromatic nitrogens is 2. The Hall–Kier alpha value is -2.89. The molecule has 106 valence electrons. The SMILES string of the molecule is Cc1cccc2nc(COc3ccccc3[N+](=O)[O-])cn12. The van der Waals surface area contributed by atoms with Gasteiger partial charge in [-0.05, 0) is 25.1 Å². The van der Waals surface area contributed by atoms with E-state index in [2.05, 4.69) is 4.98 Å². The highest BCUT2D eigenvalue weighted by Gasteiger charge is 2.14. The number of pyridine rings is 1. The molecule has 0 spiro atoms. The molecule has 0 saturated carbocycles. The third-order valence-electron chi connectivity index (χ3n) is 3.18. The summed E-state index contributed by atoms with van der Waals surface area (Å²) in [6.45, 7) is 2.17. The second-order valence-corrected chi connectivity index (χ2v) is 4.64. The van der Waals surface area contributed by atoms with E-state index in [1.807, 2.05) is 35.7 Å². The van der Waals surface area contributed by atoms with Crippen molar-refractivity contribution in [1.29, 1.82) is 0 Å². The van der Waals surface area contributed by atoms with Gasteiger partial charge in [0.1, 0.15) is 12.3 Å². The van der Waals surface area contributed by atoms with Crippen molar-refractivity contribution < 1.29 is 9.66 Å². The van der Waals surface area contributed by atoms with Gasteiger partial charge in [0.25, 0.3) is 0 Å². The molecule has 21 heavy (non-hydrogen) atoms. The first-order chi connectivity index (χ1) is 10.1. The normalized spacial score (nSPS) is 10.7. The molecule has 0 aliphatic rings. The van der Waals surface area contributed by atoms with Crippen LogP contribution in [0.5, 0.6) is 5.75 Å². The van der Waals surface area contributed by atoms with Crippen LogP contribution in [0.3, 0.4) is 0 Å². The van der Waals surface area contributed by atoms with Crippen LogP contribution in [0.25, 0.3) is 5.65 Å². The first-order valence-electron chi connectivity index (χ1n) is 6.45. The highest BCUT2D eigenvalue weighted by molar-refractivity contribution is 5.46. The molecule has 0 N–H and O–H groups in total. The number of benzene rings is 1. The standard InChI is InChI=1S/C15H13N3O3/c1-11-5-4-8-15-16-12(9-17(11)15)10-21-14-7-3-2-6-13(14)18(19)20/h2-9H,10H2,1H3. The van der Waals surface area contributed by atoms with Crippen LogP contribution in [0.2, 0.25) is 0 Å². The lowest BCUT2D eigenvalue weighted by atomic mass is 10.3. The van der Waals surface area contributed by atoms with Gasteiger partial charge in [0.15, 0.2) is 5.75 Å². The fraction of sp³-hybridized carbons (Fsp3) is 0.133. The average Bonchev–Trinajstić information content (AvgIpc) is 2.90. The summed E-state index contributed by atoms with van der Waals surface area (Å²) >= 11 is 0. The Balaban J connectivity index is 1.84. The number of nitro groups is 1. The smallest absolute Gasteiger partial charge is 0.310 e. The number of rotatable bonds is 4. The van der Waals surface area contributed by atoms with Crippen LogP contribution in [0.4, 0.5) is 5.69 Å². The van der Waals surface area contributed by atoms with Crippen molar-refractivity contribution >= 4 is 11.3 Å². The van der Waals surface area contributed by atoms with Crippen molar-refractivity contribution in [3.05, 3.63) is 70.2 Å². The lowest BCUT2D eigenvalue weighted by Crippen LogP contribution is -1.99. The summed E-state index contributed by atoms with van der Waals surface area (Å²) in [5.74, 6) is 0.247. The van der Waals surface area contributed by atoms with E-state index in [1.54, 1.807) is 18.2 Å². The summed E-state index contributed by atoms with van der Waals surface area (Å²) in [6.07, 6.45) is 1.87. The molecule has 0 aliphatic carbocycles. The minimum Gasteiger partial charge on any atom is -0.480 e. The maximum atomic E-state index is 10.9. The molecule has 0 amide bonds. The van der Waals surface area contributed by atoms with Crippen LogP contribution >= 0.6 is 0 Å². The van der Waals surface area contributed by atoms with Crippen LogP contribution in [0, 0.1) is 17.0 Å². The van der Waals surface area contributed by atoms with Gasteiger partial charge in [-0.3, -0.25) is 10.1 Å². The summed E-state index contributed by atoms with van der Waals surface area (Å²) in [7, 11) is 0. The molecular weight excluding hydrogens is 270 g/mol. The zero-order valence-electron chi connectivity index (χ0n) is 11.4. The number of aryl methyl sites for hydroxylation is 1. The predicted molar refractivity (Wildman–Crippen MR) is 77.4 cm³/mol. The molecule has 0 fully saturated rings. The number of nitro benzene ring substituents is 1. The summed E-state index contributed by atoms with van der Waals surface area (Å²) in [5.41, 5.74) is 2.58. The predicted octanol–water partition coefficient (Wildman–Crippen LogP) is 3.13. The van der Waals surface area contributed by atoms with Crippen molar-refractivity contribution in [2.75, 3.05) is 0 Å². The first-order valence-corrected chi connectivity index (χ1v) is 6.45. The molecule has 6 nitrogen and oxygen atoms in total. The summed E-state index contributed by atoms with van der Waals surface area (Å²) in [5, 5.41) is 10.9. The third-order valence-corrected chi connectivity index (χ3v) is 3.18. The van der Waals surface area contributed by atoms with Crippen molar-refractivity contribution in [2.24, 2.45) is 0 Å². The van der Waals surface area contributed by atoms with Crippen LogP contribution in [0.15, 0.2) is 48.7 Å². The second-order valence-electron chi connectivity index (χ2n) is 4.64. The number of para-hydroxylation sites is 2. The van der Waals surface area contributed by atoms with Gasteiger partial charge in [0, 0.05) is 18.0 Å². The topological polar surface area (TPSA) is 69.7 Å². The highest BCUT2D eigenvalue weighted by atomic mass is 16.6. The highest BCUT2D eigenvalue weighted by Crippen LogP contribution is 2.26. The van der Waals surface area contributed by atoms with Gasteiger partial charge in [-0.25, -0.2) is 4.98 Å². The van der Waals surface area contributed by atoms with E-state index < -0.39 is 4.92 Å². The van der Waals surface area contributed by atoms with Gasteiger partial charge in [0.05, 0.1) is 10.6 Å². The lowest BCUT2D eigenvalue weighted by Gasteiger charge is -2.04. The Bertz CT molecular complexity index is 811. The second kappa shape index (κ2) is 5.24. The van der Waals surface area contributed by atoms with Gasteiger partial charge in [-0.1, -0.05) is 18.2 Å². The van der Waals surface area contributed by atoms with Gasteiger partial charge in [-0.15, -0.1) is 0 Å². The van der Waals surface area contributed by atoms with E-state index in [0.29, 0.717) is 0 Å². The minimum atomic E-state index is -0.455. The third kappa shape index (κ3) is 2.55. The monoisotopic (exact) mass is 283 g/mol. The van der Waals surface area contributed by atoms with Gasteiger partial charge in [-0.2, -0.15) is 0 Å². The number of ether oxygens (including phenoxy) is 1. The Morgan fingerprint density at radius 1 is 1.24 bits per heavy atom. The maximum Gasteiger partial charge on any atom is 0.310 e. The fourth-order valence-electron chi connectivity index (χ4n) is 2.15. The zero-order valence-corrected chi connectivity index (χ0v) is 11.4. The largest absolute Gasteiger partial charge is 0.480 e. The lowest BCUT2D eigenvalue weighted by molar-refractivity contribution is -0.385. The van der Waals surface area contributed by atoms with Gasteiger partial charge < -0.3 is 9.14 Å². The minimum absolute atomic E-state index is 0.0440. The quantitative estimate of drug-likeness (QED) is 0.545. The molecule has 1 aromatic carbocycles. The number of nitrogens with zero attached hydrogens (tertiary/aromatic N) is 3. The van der Waals surface area contributed by atoms with Crippen molar-refractivity contribution in [2.45, 2.75) is 13.5 Å². The fourth-order valence-corrected chi connectivity index (χ4v) is 2.15. The Kier molecular flexibility index (Phi) is 3.27. The van der Waals surface area contributed by atoms with Crippen molar-refractivity contribution in [3.8, 4) is 5.75 Å². The molecule has 0 unspecified atom stereocenters.